The summed E-state index contributed by atoms with van der Waals surface area (Å²) >= 11 is 0. The van der Waals surface area contributed by atoms with Crippen molar-refractivity contribution in [3.63, 3.8) is 0 Å². The summed E-state index contributed by atoms with van der Waals surface area (Å²) in [5.74, 6) is -9.28. The SMILES string of the molecule is O=C([O-])/C=C/C(=O)[O-].O=C([O-])/C=C\C(=O)[O-].O=C([O-])/C=C\C(=O)[O-].[Pr+3].[Pr+3]. The molecule has 0 aromatic carbocycles. The van der Waals surface area contributed by atoms with E-state index in [1.165, 1.54) is 0 Å². The molecule has 0 aliphatic heterocycles. The third-order valence-corrected chi connectivity index (χ3v) is 1.07. The molecule has 0 saturated carbocycles. The topological polar surface area (TPSA) is 241 Å². The molecule has 0 rings (SSSR count). The van der Waals surface area contributed by atoms with Crippen LogP contribution in [-0.4, -0.2) is 35.8 Å². The Morgan fingerprint density at radius 1 is 0.346 bits per heavy atom. The van der Waals surface area contributed by atoms with E-state index in [2.05, 4.69) is 0 Å². The normalized spacial score (nSPS) is 8.77. The van der Waals surface area contributed by atoms with E-state index in [-0.39, 0.29) is 82.6 Å². The van der Waals surface area contributed by atoms with Gasteiger partial charge in [0.2, 0.25) is 0 Å². The number of carboxylic acids is 6. The third kappa shape index (κ3) is 56.9. The molecule has 14 heteroatoms. The summed E-state index contributed by atoms with van der Waals surface area (Å²) in [4.78, 5) is 56.5. The first kappa shape index (κ1) is 35.8. The molecule has 12 nitrogen and oxygen atoms in total. The van der Waals surface area contributed by atoms with Crippen molar-refractivity contribution in [1.82, 2.24) is 0 Å². The Bertz CT molecular complexity index is 448. The molecule has 0 aliphatic rings. The summed E-state index contributed by atoms with van der Waals surface area (Å²) in [5.41, 5.74) is 0. The maximum Gasteiger partial charge on any atom is 3.00 e. The fraction of sp³-hybridized carbons (Fsp3) is 0. The van der Waals surface area contributed by atoms with Gasteiger partial charge in [0.15, 0.2) is 0 Å². The predicted molar refractivity (Wildman–Crippen MR) is 57.5 cm³/mol. The van der Waals surface area contributed by atoms with Gasteiger partial charge in [-0.1, -0.05) is 0 Å². The van der Waals surface area contributed by atoms with Crippen LogP contribution in [0.15, 0.2) is 36.5 Å². The van der Waals surface area contributed by atoms with Crippen LogP contribution in [0, 0.1) is 82.6 Å². The largest absolute Gasteiger partial charge is 3.00 e. The van der Waals surface area contributed by atoms with Gasteiger partial charge >= 0.3 is 82.6 Å². The first-order valence-electron chi connectivity index (χ1n) is 5.18. The molecule has 0 unspecified atom stereocenters. The quantitative estimate of drug-likeness (QED) is 0.250. The first-order chi connectivity index (χ1) is 10.9. The second-order valence-corrected chi connectivity index (χ2v) is 2.91. The van der Waals surface area contributed by atoms with Gasteiger partial charge in [-0.3, -0.25) is 0 Å². The first-order valence-corrected chi connectivity index (χ1v) is 5.18. The molecule has 0 N–H and O–H groups in total. The van der Waals surface area contributed by atoms with E-state index >= 15 is 0 Å². The minimum absolute atomic E-state index is 0. The standard InChI is InChI=1S/3C4H4O4.2Pr/c3*5-3(6)1-2-4(7)8;;/h3*1-2H,(H,5,6)(H,7,8);;/q;;;2*+3/p-6/b2-1+;2*2-1-;;. The van der Waals surface area contributed by atoms with Gasteiger partial charge in [-0.05, 0) is 36.5 Å². The van der Waals surface area contributed by atoms with Crippen molar-refractivity contribution in [3.05, 3.63) is 36.5 Å². The minimum Gasteiger partial charge on any atom is -0.545 e. The van der Waals surface area contributed by atoms with Crippen molar-refractivity contribution in [2.24, 2.45) is 0 Å². The average Bonchev–Trinajstić information content (AvgIpc) is 2.42. The zero-order valence-corrected chi connectivity index (χ0v) is 19.9. The van der Waals surface area contributed by atoms with Gasteiger partial charge in [0.05, 0.1) is 35.8 Å². The van der Waals surface area contributed by atoms with E-state index in [0.29, 0.717) is 36.5 Å². The molecule has 0 aromatic rings. The number of carbonyl (C=O) groups is 6. The summed E-state index contributed by atoms with van der Waals surface area (Å²) in [6.45, 7) is 0. The monoisotopic (exact) mass is 624 g/mol. The van der Waals surface area contributed by atoms with Crippen LogP contribution < -0.4 is 30.6 Å². The number of hydrogen-bond acceptors (Lipinski definition) is 12. The van der Waals surface area contributed by atoms with Gasteiger partial charge < -0.3 is 59.4 Å². The number of hydrogen-bond donors (Lipinski definition) is 0. The van der Waals surface area contributed by atoms with Crippen molar-refractivity contribution in [2.45, 2.75) is 0 Å². The van der Waals surface area contributed by atoms with Crippen LogP contribution in [0.5, 0.6) is 0 Å². The Labute approximate surface area is 211 Å². The van der Waals surface area contributed by atoms with E-state index in [1.807, 2.05) is 0 Å². The molecule has 0 spiro atoms. The summed E-state index contributed by atoms with van der Waals surface area (Å²) in [6.07, 6.45) is 2.31. The predicted octanol–water partition coefficient (Wildman–Crippen LogP) is -8.87. The van der Waals surface area contributed by atoms with Crippen LogP contribution in [0.2, 0.25) is 0 Å². The zero-order valence-electron chi connectivity index (χ0n) is 12.5. The molecule has 132 valence electrons. The zero-order chi connectivity index (χ0) is 19.7. The molecule has 0 radical (unpaired) electrons. The molecule has 0 amide bonds. The van der Waals surface area contributed by atoms with Gasteiger partial charge in [0.1, 0.15) is 0 Å². The number of carbonyl (C=O) groups excluding carboxylic acids is 6. The Kier molecular flexibility index (Phi) is 32.7. The Morgan fingerprint density at radius 3 is 0.462 bits per heavy atom. The third-order valence-electron chi connectivity index (χ3n) is 1.07. The second kappa shape index (κ2) is 23.8. The molecule has 0 bridgehead atoms. The van der Waals surface area contributed by atoms with E-state index in [4.69, 9.17) is 0 Å². The molecule has 0 fully saturated rings. The van der Waals surface area contributed by atoms with Crippen LogP contribution in [-0.2, 0) is 28.8 Å². The molecule has 0 aromatic heterocycles. The molecule has 0 saturated heterocycles. The Morgan fingerprint density at radius 2 is 0.423 bits per heavy atom. The van der Waals surface area contributed by atoms with E-state index in [1.54, 1.807) is 0 Å². The van der Waals surface area contributed by atoms with Crippen LogP contribution >= 0.6 is 0 Å². The summed E-state index contributed by atoms with van der Waals surface area (Å²) in [7, 11) is 0. The van der Waals surface area contributed by atoms with Crippen molar-refractivity contribution >= 4 is 35.8 Å². The fourth-order valence-electron chi connectivity index (χ4n) is 0.408. The van der Waals surface area contributed by atoms with E-state index in [0.717, 1.165) is 0 Å². The number of aliphatic carboxylic acids is 6. The maximum absolute atomic E-state index is 9.41. The van der Waals surface area contributed by atoms with Gasteiger partial charge in [-0.15, -0.1) is 0 Å². The summed E-state index contributed by atoms with van der Waals surface area (Å²) in [5, 5.41) is 56.5. The van der Waals surface area contributed by atoms with Gasteiger partial charge in [-0.25, -0.2) is 0 Å². The molecule has 0 heterocycles. The average molecular weight is 624 g/mol. The smallest absolute Gasteiger partial charge is 0.545 e. The Balaban J connectivity index is -0.0000000817. The van der Waals surface area contributed by atoms with Crippen LogP contribution in [0.1, 0.15) is 0 Å². The molecular weight excluding hydrogens is 618 g/mol. The molecule has 0 atom stereocenters. The van der Waals surface area contributed by atoms with E-state index in [9.17, 15) is 59.4 Å². The van der Waals surface area contributed by atoms with Gasteiger partial charge in [0, 0.05) is 0 Å². The Hall–Kier alpha value is -1.23. The van der Waals surface area contributed by atoms with Crippen LogP contribution in [0.4, 0.5) is 0 Å². The van der Waals surface area contributed by atoms with Crippen LogP contribution in [0.3, 0.4) is 0 Å². The van der Waals surface area contributed by atoms with Crippen molar-refractivity contribution in [2.75, 3.05) is 0 Å². The van der Waals surface area contributed by atoms with E-state index < -0.39 is 35.8 Å². The van der Waals surface area contributed by atoms with Crippen molar-refractivity contribution in [3.8, 4) is 0 Å². The van der Waals surface area contributed by atoms with Gasteiger partial charge in [-0.2, -0.15) is 0 Å². The summed E-state index contributed by atoms with van der Waals surface area (Å²) in [6, 6.07) is 0. The molecule has 0 aliphatic carbocycles. The number of rotatable bonds is 6. The second-order valence-electron chi connectivity index (χ2n) is 2.91. The van der Waals surface area contributed by atoms with Gasteiger partial charge in [0.25, 0.3) is 0 Å². The molecular formula is C12H6O12Pr2. The number of carboxylic acid groups (broad SMARTS) is 6. The minimum atomic E-state index is -1.55. The maximum atomic E-state index is 9.41. The molecule has 26 heavy (non-hydrogen) atoms. The van der Waals surface area contributed by atoms with Crippen molar-refractivity contribution < 1.29 is 142 Å². The van der Waals surface area contributed by atoms with Crippen LogP contribution in [0.25, 0.3) is 0 Å². The fourth-order valence-corrected chi connectivity index (χ4v) is 0.408. The summed E-state index contributed by atoms with van der Waals surface area (Å²) < 4.78 is 0. The van der Waals surface area contributed by atoms with Crippen molar-refractivity contribution in [1.29, 1.82) is 0 Å².